The number of rotatable bonds is 4. The molecule has 1 saturated carbocycles. The fraction of sp³-hybridized carbons (Fsp3) is 0.421. The van der Waals surface area contributed by atoms with Gasteiger partial charge in [-0.05, 0) is 84.4 Å². The molecule has 1 aromatic heterocycles. The number of hydrogen-bond acceptors (Lipinski definition) is 3. The maximum atomic E-state index is 13.2. The summed E-state index contributed by atoms with van der Waals surface area (Å²) in [5.41, 5.74) is 2.03. The van der Waals surface area contributed by atoms with Crippen molar-refractivity contribution in [3.8, 4) is 0 Å². The number of amides is 1. The van der Waals surface area contributed by atoms with Gasteiger partial charge in [-0.25, -0.2) is 4.39 Å². The summed E-state index contributed by atoms with van der Waals surface area (Å²) < 4.78 is 13.2. The van der Waals surface area contributed by atoms with E-state index < -0.39 is 0 Å². The van der Waals surface area contributed by atoms with Crippen LogP contribution in [0.1, 0.15) is 35.2 Å². The molecule has 1 N–H and O–H groups in total. The summed E-state index contributed by atoms with van der Waals surface area (Å²) in [6, 6.07) is 8.29. The second-order valence-corrected chi connectivity index (χ2v) is 7.68. The zero-order valence-electron chi connectivity index (χ0n) is 13.5. The minimum absolute atomic E-state index is 0.0154. The molecule has 3 nitrogen and oxygen atoms in total. The molecule has 2 heterocycles. The Morgan fingerprint density at radius 3 is 2.67 bits per heavy atom. The Kier molecular flexibility index (Phi) is 4.14. The summed E-state index contributed by atoms with van der Waals surface area (Å²) in [4.78, 5) is 15.1. The Hall–Kier alpha value is -1.72. The summed E-state index contributed by atoms with van der Waals surface area (Å²) in [6.45, 7) is 2.71. The van der Waals surface area contributed by atoms with E-state index in [0.29, 0.717) is 18.2 Å². The van der Waals surface area contributed by atoms with Gasteiger partial charge in [-0.2, -0.15) is 11.3 Å². The van der Waals surface area contributed by atoms with Crippen LogP contribution in [-0.4, -0.2) is 29.9 Å². The monoisotopic (exact) mass is 344 g/mol. The molecule has 126 valence electrons. The summed E-state index contributed by atoms with van der Waals surface area (Å²) >= 11 is 1.65. The van der Waals surface area contributed by atoms with E-state index in [-0.39, 0.29) is 17.1 Å². The molecule has 1 aliphatic heterocycles. The minimum Gasteiger partial charge on any atom is -0.331 e. The molecule has 1 atom stereocenters. The van der Waals surface area contributed by atoms with Crippen molar-refractivity contribution >= 4 is 17.2 Å². The summed E-state index contributed by atoms with van der Waals surface area (Å²) in [6.07, 6.45) is 3.36. The first kappa shape index (κ1) is 15.8. The standard InChI is InChI=1S/C19H21FN2OS/c20-16-3-1-15(2-4-16)18(23)22(12-14-5-10-24-13-14)17-11-19(17)6-8-21-9-7-19/h1-5,10,13,17,21H,6-9,11-12H2/t17-/m1/s1. The molecule has 1 spiro atoms. The van der Waals surface area contributed by atoms with Gasteiger partial charge in [0.15, 0.2) is 0 Å². The first-order valence-electron chi connectivity index (χ1n) is 8.46. The van der Waals surface area contributed by atoms with Crippen LogP contribution in [0.4, 0.5) is 4.39 Å². The number of carbonyl (C=O) groups is 1. The van der Waals surface area contributed by atoms with Crippen LogP contribution in [0.3, 0.4) is 0 Å². The lowest BCUT2D eigenvalue weighted by Gasteiger charge is -2.29. The number of nitrogens with zero attached hydrogens (tertiary/aromatic N) is 1. The van der Waals surface area contributed by atoms with Crippen molar-refractivity contribution in [3.05, 3.63) is 58.0 Å². The number of benzene rings is 1. The normalized spacial score (nSPS) is 21.6. The lowest BCUT2D eigenvalue weighted by molar-refractivity contribution is 0.0692. The van der Waals surface area contributed by atoms with Gasteiger partial charge in [0, 0.05) is 18.2 Å². The van der Waals surface area contributed by atoms with Crippen LogP contribution in [0.2, 0.25) is 0 Å². The van der Waals surface area contributed by atoms with Crippen molar-refractivity contribution in [3.63, 3.8) is 0 Å². The van der Waals surface area contributed by atoms with Gasteiger partial charge in [-0.3, -0.25) is 4.79 Å². The highest BCUT2D eigenvalue weighted by molar-refractivity contribution is 7.07. The van der Waals surface area contributed by atoms with E-state index in [2.05, 4.69) is 16.8 Å². The molecule has 0 radical (unpaired) electrons. The molecular formula is C19H21FN2OS. The maximum Gasteiger partial charge on any atom is 0.254 e. The second kappa shape index (κ2) is 6.30. The molecule has 2 aromatic rings. The van der Waals surface area contributed by atoms with Crippen LogP contribution in [0, 0.1) is 11.2 Å². The number of piperidine rings is 1. The van der Waals surface area contributed by atoms with Crippen LogP contribution < -0.4 is 5.32 Å². The Bertz CT molecular complexity index is 707. The smallest absolute Gasteiger partial charge is 0.254 e. The topological polar surface area (TPSA) is 32.3 Å². The molecular weight excluding hydrogens is 323 g/mol. The van der Waals surface area contributed by atoms with Gasteiger partial charge < -0.3 is 10.2 Å². The SMILES string of the molecule is O=C(c1ccc(F)cc1)N(Cc1ccsc1)[C@@H]1CC12CCNCC2. The number of nitrogens with one attached hydrogen (secondary N) is 1. The molecule has 1 amide bonds. The molecule has 1 aliphatic carbocycles. The van der Waals surface area contributed by atoms with Crippen molar-refractivity contribution in [2.24, 2.45) is 5.41 Å². The van der Waals surface area contributed by atoms with Crippen LogP contribution in [0.5, 0.6) is 0 Å². The van der Waals surface area contributed by atoms with Gasteiger partial charge in [0.1, 0.15) is 5.82 Å². The maximum absolute atomic E-state index is 13.2. The van der Waals surface area contributed by atoms with Crippen molar-refractivity contribution < 1.29 is 9.18 Å². The fourth-order valence-electron chi connectivity index (χ4n) is 3.89. The van der Waals surface area contributed by atoms with Crippen LogP contribution >= 0.6 is 11.3 Å². The van der Waals surface area contributed by atoms with Gasteiger partial charge in [0.2, 0.25) is 0 Å². The van der Waals surface area contributed by atoms with E-state index in [1.807, 2.05) is 10.3 Å². The lowest BCUT2D eigenvalue weighted by Crippen LogP contribution is -2.39. The van der Waals surface area contributed by atoms with Crippen molar-refractivity contribution in [1.29, 1.82) is 0 Å². The predicted molar refractivity (Wildman–Crippen MR) is 93.5 cm³/mol. The van der Waals surface area contributed by atoms with Gasteiger partial charge in [-0.15, -0.1) is 0 Å². The van der Waals surface area contributed by atoms with Crippen LogP contribution in [0.15, 0.2) is 41.1 Å². The number of thiophene rings is 1. The largest absolute Gasteiger partial charge is 0.331 e. The third-order valence-electron chi connectivity index (χ3n) is 5.41. The van der Waals surface area contributed by atoms with Crippen molar-refractivity contribution in [1.82, 2.24) is 10.2 Å². The van der Waals surface area contributed by atoms with Gasteiger partial charge in [0.05, 0.1) is 0 Å². The Morgan fingerprint density at radius 1 is 1.25 bits per heavy atom. The highest BCUT2D eigenvalue weighted by atomic mass is 32.1. The zero-order valence-corrected chi connectivity index (χ0v) is 14.3. The molecule has 0 unspecified atom stereocenters. The molecule has 5 heteroatoms. The average Bonchev–Trinajstić information content (AvgIpc) is 3.04. The Balaban J connectivity index is 1.58. The molecule has 2 fully saturated rings. The molecule has 2 aliphatic rings. The van der Waals surface area contributed by atoms with Gasteiger partial charge in [-0.1, -0.05) is 0 Å². The van der Waals surface area contributed by atoms with E-state index in [9.17, 15) is 9.18 Å². The van der Waals surface area contributed by atoms with E-state index in [1.54, 1.807) is 23.5 Å². The summed E-state index contributed by atoms with van der Waals surface area (Å²) in [5, 5.41) is 7.55. The van der Waals surface area contributed by atoms with Crippen LogP contribution in [-0.2, 0) is 6.54 Å². The van der Waals surface area contributed by atoms with Crippen LogP contribution in [0.25, 0.3) is 0 Å². The zero-order chi connectivity index (χ0) is 16.6. The Labute approximate surface area is 145 Å². The van der Waals surface area contributed by atoms with E-state index in [0.717, 1.165) is 32.4 Å². The highest BCUT2D eigenvalue weighted by Gasteiger charge is 2.57. The second-order valence-electron chi connectivity index (χ2n) is 6.90. The summed E-state index contributed by atoms with van der Waals surface area (Å²) in [5.74, 6) is -0.293. The highest BCUT2D eigenvalue weighted by Crippen LogP contribution is 2.56. The lowest BCUT2D eigenvalue weighted by atomic mass is 9.93. The number of halogens is 1. The molecule has 0 bridgehead atoms. The Morgan fingerprint density at radius 2 is 2.00 bits per heavy atom. The van der Waals surface area contributed by atoms with Gasteiger partial charge >= 0.3 is 0 Å². The molecule has 24 heavy (non-hydrogen) atoms. The minimum atomic E-state index is -0.308. The van der Waals surface area contributed by atoms with E-state index >= 15 is 0 Å². The fourth-order valence-corrected chi connectivity index (χ4v) is 4.55. The molecule has 4 rings (SSSR count). The third kappa shape index (κ3) is 2.98. The molecule has 1 saturated heterocycles. The predicted octanol–water partition coefficient (Wildman–Crippen LogP) is 3.67. The number of carbonyl (C=O) groups excluding carboxylic acids is 1. The van der Waals surface area contributed by atoms with E-state index in [4.69, 9.17) is 0 Å². The summed E-state index contributed by atoms with van der Waals surface area (Å²) in [7, 11) is 0. The third-order valence-corrected chi connectivity index (χ3v) is 6.14. The first-order chi connectivity index (χ1) is 11.7. The van der Waals surface area contributed by atoms with Gasteiger partial charge in [0.25, 0.3) is 5.91 Å². The van der Waals surface area contributed by atoms with E-state index in [1.165, 1.54) is 17.7 Å². The first-order valence-corrected chi connectivity index (χ1v) is 9.41. The average molecular weight is 344 g/mol. The number of hydrogen-bond donors (Lipinski definition) is 1. The van der Waals surface area contributed by atoms with Crippen molar-refractivity contribution in [2.45, 2.75) is 31.8 Å². The molecule has 1 aromatic carbocycles. The van der Waals surface area contributed by atoms with Crippen molar-refractivity contribution in [2.75, 3.05) is 13.1 Å². The quantitative estimate of drug-likeness (QED) is 0.918.